The standard InChI is InChI=1S/C6H12N/c1-5-6(2)4-7(5,6)3/h5H,4H2,1-3H3/q+1. The Morgan fingerprint density at radius 2 is 2.00 bits per heavy atom. The van der Waals surface area contributed by atoms with Crippen molar-refractivity contribution >= 4 is 0 Å². The second-order valence-corrected chi connectivity index (χ2v) is 3.46. The number of hydrogen-bond donors (Lipinski definition) is 0. The van der Waals surface area contributed by atoms with Crippen molar-refractivity contribution < 1.29 is 4.48 Å². The van der Waals surface area contributed by atoms with E-state index in [9.17, 15) is 0 Å². The lowest BCUT2D eigenvalue weighted by Crippen LogP contribution is -2.14. The summed E-state index contributed by atoms with van der Waals surface area (Å²) in [6, 6.07) is 0.979. The van der Waals surface area contributed by atoms with E-state index >= 15 is 0 Å². The van der Waals surface area contributed by atoms with Crippen LogP contribution in [-0.4, -0.2) is 29.7 Å². The number of nitrogens with zero attached hydrogens (tertiary/aromatic N) is 1. The summed E-state index contributed by atoms with van der Waals surface area (Å²) in [4.78, 5) is 0. The summed E-state index contributed by atoms with van der Waals surface area (Å²) < 4.78 is 1.37. The first-order valence-electron chi connectivity index (χ1n) is 2.96. The van der Waals surface area contributed by atoms with Crippen LogP contribution in [0.25, 0.3) is 0 Å². The van der Waals surface area contributed by atoms with E-state index in [1.165, 1.54) is 11.0 Å². The Kier molecular flexibility index (Phi) is 0.321. The number of likely N-dealkylation sites (N-methyl/N-ethyl adjacent to an activating group) is 1. The maximum absolute atomic E-state index is 2.37. The highest BCUT2D eigenvalue weighted by atomic mass is 15.7. The number of hydrogen-bond acceptors (Lipinski definition) is 0. The fraction of sp³-hybridized carbons (Fsp3) is 1.00. The predicted molar refractivity (Wildman–Crippen MR) is 28.9 cm³/mol. The third-order valence-electron chi connectivity index (χ3n) is 3.40. The zero-order valence-electron chi connectivity index (χ0n) is 5.23. The molecule has 0 amide bonds. The van der Waals surface area contributed by atoms with Gasteiger partial charge in [0.05, 0.1) is 7.05 Å². The average Bonchev–Trinajstić information content (AvgIpc) is 2.24. The molecule has 0 aromatic rings. The fourth-order valence-electron chi connectivity index (χ4n) is 1.89. The number of fused-ring (bicyclic) bond motifs is 1. The molecule has 0 N–H and O–H groups in total. The lowest BCUT2D eigenvalue weighted by molar-refractivity contribution is -0.700. The van der Waals surface area contributed by atoms with Gasteiger partial charge in [0, 0.05) is 6.92 Å². The van der Waals surface area contributed by atoms with Crippen molar-refractivity contribution in [2.45, 2.75) is 25.4 Å². The Morgan fingerprint density at radius 3 is 2.00 bits per heavy atom. The quantitative estimate of drug-likeness (QED) is 0.307. The van der Waals surface area contributed by atoms with Gasteiger partial charge in [0.2, 0.25) is 0 Å². The largest absolute Gasteiger partial charge is 0.299 e. The van der Waals surface area contributed by atoms with Gasteiger partial charge in [-0.3, -0.25) is 4.48 Å². The molecular formula is C6H12N+. The minimum atomic E-state index is 0.750. The first-order valence-corrected chi connectivity index (χ1v) is 2.96. The molecule has 2 rings (SSSR count). The molecule has 0 spiro atoms. The highest BCUT2D eigenvalue weighted by Gasteiger charge is 2.89. The molecule has 0 aliphatic carbocycles. The third kappa shape index (κ3) is 0.177. The maximum atomic E-state index is 2.37. The summed E-state index contributed by atoms with van der Waals surface area (Å²) >= 11 is 0. The van der Waals surface area contributed by atoms with Gasteiger partial charge in [0.1, 0.15) is 12.6 Å². The Hall–Kier alpha value is -0.0400. The zero-order valence-corrected chi connectivity index (χ0v) is 5.23. The van der Waals surface area contributed by atoms with Gasteiger partial charge in [-0.25, -0.2) is 0 Å². The van der Waals surface area contributed by atoms with Crippen LogP contribution in [0.1, 0.15) is 13.8 Å². The Morgan fingerprint density at radius 1 is 1.71 bits per heavy atom. The summed E-state index contributed by atoms with van der Waals surface area (Å²) in [5.74, 6) is 0. The maximum Gasteiger partial charge on any atom is 0.198 e. The normalized spacial score (nSPS) is 75.0. The van der Waals surface area contributed by atoms with Crippen molar-refractivity contribution in [2.75, 3.05) is 13.6 Å². The Bertz CT molecular complexity index is 118. The van der Waals surface area contributed by atoms with E-state index in [0.29, 0.717) is 0 Å². The first kappa shape index (κ1) is 3.90. The van der Waals surface area contributed by atoms with Crippen LogP contribution in [0, 0.1) is 0 Å². The van der Waals surface area contributed by atoms with Crippen molar-refractivity contribution in [3.05, 3.63) is 0 Å². The molecule has 2 aliphatic heterocycles. The van der Waals surface area contributed by atoms with Crippen LogP contribution in [0.4, 0.5) is 0 Å². The van der Waals surface area contributed by atoms with Crippen molar-refractivity contribution in [2.24, 2.45) is 0 Å². The van der Waals surface area contributed by atoms with Crippen molar-refractivity contribution in [1.29, 1.82) is 0 Å². The van der Waals surface area contributed by atoms with Crippen molar-refractivity contribution in [1.82, 2.24) is 0 Å². The van der Waals surface area contributed by atoms with Crippen LogP contribution in [0.3, 0.4) is 0 Å². The summed E-state index contributed by atoms with van der Waals surface area (Å²) in [6.07, 6.45) is 0. The monoisotopic (exact) mass is 98.1 g/mol. The van der Waals surface area contributed by atoms with Crippen LogP contribution >= 0.6 is 0 Å². The molecule has 40 valence electrons. The Balaban J connectivity index is 2.29. The van der Waals surface area contributed by atoms with Crippen LogP contribution in [0.2, 0.25) is 0 Å². The highest BCUT2D eigenvalue weighted by Crippen LogP contribution is 2.64. The van der Waals surface area contributed by atoms with Crippen molar-refractivity contribution in [3.8, 4) is 0 Å². The van der Waals surface area contributed by atoms with Gasteiger partial charge in [-0.05, 0) is 6.92 Å². The molecule has 3 atom stereocenters. The van der Waals surface area contributed by atoms with Gasteiger partial charge < -0.3 is 0 Å². The lowest BCUT2D eigenvalue weighted by atomic mass is 10.1. The molecule has 2 saturated heterocycles. The van der Waals surface area contributed by atoms with E-state index in [2.05, 4.69) is 20.9 Å². The molecule has 1 nitrogen and oxygen atoms in total. The van der Waals surface area contributed by atoms with E-state index in [0.717, 1.165) is 11.6 Å². The van der Waals surface area contributed by atoms with Crippen LogP contribution in [0.15, 0.2) is 0 Å². The SMILES string of the molecule is CC1C2(C)C[N+]12C. The second-order valence-electron chi connectivity index (χ2n) is 3.46. The number of quaternary nitrogens is 1. The summed E-state index contributed by atoms with van der Waals surface area (Å²) in [6.45, 7) is 6.15. The summed E-state index contributed by atoms with van der Waals surface area (Å²) in [5.41, 5.74) is 0.750. The molecule has 0 bridgehead atoms. The van der Waals surface area contributed by atoms with E-state index in [1.54, 1.807) is 0 Å². The van der Waals surface area contributed by atoms with Gasteiger partial charge in [-0.15, -0.1) is 0 Å². The minimum Gasteiger partial charge on any atom is -0.299 e. The molecule has 0 aromatic heterocycles. The predicted octanol–water partition coefficient (Wildman–Crippen LogP) is 0.607. The van der Waals surface area contributed by atoms with Crippen LogP contribution in [-0.2, 0) is 0 Å². The van der Waals surface area contributed by atoms with E-state index in [1.807, 2.05) is 0 Å². The minimum absolute atomic E-state index is 0.750. The average molecular weight is 98.2 g/mol. The molecule has 0 radical (unpaired) electrons. The van der Waals surface area contributed by atoms with E-state index in [-0.39, 0.29) is 0 Å². The molecule has 7 heavy (non-hydrogen) atoms. The second kappa shape index (κ2) is 0.576. The third-order valence-corrected chi connectivity index (χ3v) is 3.40. The molecule has 3 unspecified atom stereocenters. The summed E-state index contributed by atoms with van der Waals surface area (Å²) in [7, 11) is 2.34. The van der Waals surface area contributed by atoms with Gasteiger partial charge in [-0.2, -0.15) is 0 Å². The molecule has 0 saturated carbocycles. The lowest BCUT2D eigenvalue weighted by Gasteiger charge is -1.94. The number of rotatable bonds is 0. The van der Waals surface area contributed by atoms with Gasteiger partial charge in [0.25, 0.3) is 0 Å². The molecule has 0 aromatic carbocycles. The van der Waals surface area contributed by atoms with Gasteiger partial charge in [0.15, 0.2) is 5.54 Å². The smallest absolute Gasteiger partial charge is 0.198 e. The van der Waals surface area contributed by atoms with E-state index in [4.69, 9.17) is 0 Å². The van der Waals surface area contributed by atoms with Crippen molar-refractivity contribution in [3.63, 3.8) is 0 Å². The van der Waals surface area contributed by atoms with Gasteiger partial charge >= 0.3 is 0 Å². The molecule has 1 heteroatoms. The zero-order chi connectivity index (χ0) is 5.28. The summed E-state index contributed by atoms with van der Waals surface area (Å²) in [5, 5.41) is 0. The fourth-order valence-corrected chi connectivity index (χ4v) is 1.89. The van der Waals surface area contributed by atoms with Crippen LogP contribution in [0.5, 0.6) is 0 Å². The van der Waals surface area contributed by atoms with Gasteiger partial charge in [-0.1, -0.05) is 0 Å². The molecular weight excluding hydrogens is 86.1 g/mol. The van der Waals surface area contributed by atoms with E-state index < -0.39 is 0 Å². The van der Waals surface area contributed by atoms with Crippen LogP contribution < -0.4 is 0 Å². The Labute approximate surface area is 44.5 Å². The molecule has 2 fully saturated rings. The first-order chi connectivity index (χ1) is 3.11. The topological polar surface area (TPSA) is 0 Å². The molecule has 2 aliphatic rings. The highest BCUT2D eigenvalue weighted by molar-refractivity contribution is 5.11. The molecule has 2 heterocycles.